The Morgan fingerprint density at radius 3 is 2.03 bits per heavy atom. The van der Waals surface area contributed by atoms with Crippen LogP contribution < -0.4 is 5.73 Å². The minimum Gasteiger partial charge on any atom is -0.398 e. The van der Waals surface area contributed by atoms with Gasteiger partial charge in [0, 0.05) is 11.1 Å². The van der Waals surface area contributed by atoms with Gasteiger partial charge >= 0.3 is 0 Å². The Balaban J connectivity index is 0.000000205. The number of allylic oxidation sites excluding steroid dienone is 4. The van der Waals surface area contributed by atoms with E-state index in [1.807, 2.05) is 30.4 Å². The molecule has 2 N–H and O–H groups in total. The van der Waals surface area contributed by atoms with Crippen LogP contribution in [0.25, 0.3) is 10.8 Å². The lowest BCUT2D eigenvalue weighted by molar-refractivity contribution is 1.15. The standard InChI is InChI=1S/C16H17N.C10H12.C9H12/c1-3-6-12(2)9-13-10-14-7-4-5-8-15(14)16(17)11-13;1-3-4-10-7-5-9(2)6-8-10;1-7-4-5-8(2)9(3)6-7/h3-8,10-11H,1,9,17H2,2H3;3,5-8H,1,4H2,2H3;4-6H,1-3H3/b12-6-;;. The Morgan fingerprint density at radius 2 is 1.42 bits per heavy atom. The van der Waals surface area contributed by atoms with Gasteiger partial charge in [-0.05, 0) is 81.2 Å². The zero-order valence-electron chi connectivity index (χ0n) is 22.6. The number of benzene rings is 4. The highest BCUT2D eigenvalue weighted by Crippen LogP contribution is 2.24. The van der Waals surface area contributed by atoms with Crippen LogP contribution in [0.15, 0.2) is 116 Å². The summed E-state index contributed by atoms with van der Waals surface area (Å²) in [4.78, 5) is 0. The fraction of sp³-hybridized carbons (Fsp3) is 0.200. The molecule has 0 bridgehead atoms. The van der Waals surface area contributed by atoms with Crippen molar-refractivity contribution in [1.29, 1.82) is 0 Å². The molecule has 4 rings (SSSR count). The first-order valence-electron chi connectivity index (χ1n) is 12.5. The number of hydrogen-bond acceptors (Lipinski definition) is 1. The summed E-state index contributed by atoms with van der Waals surface area (Å²) in [5.41, 5.74) is 16.2. The topological polar surface area (TPSA) is 26.0 Å². The minimum absolute atomic E-state index is 0.851. The predicted octanol–water partition coefficient (Wildman–Crippen LogP) is 9.43. The first-order valence-corrected chi connectivity index (χ1v) is 12.5. The van der Waals surface area contributed by atoms with Gasteiger partial charge in [0.2, 0.25) is 0 Å². The lowest BCUT2D eigenvalue weighted by Gasteiger charge is -2.07. The van der Waals surface area contributed by atoms with Crippen LogP contribution in [0.2, 0.25) is 0 Å². The van der Waals surface area contributed by atoms with Gasteiger partial charge in [0.25, 0.3) is 0 Å². The molecular formula is C35H41N. The number of nitrogens with two attached hydrogens (primary N) is 1. The fourth-order valence-electron chi connectivity index (χ4n) is 3.87. The third-order valence-electron chi connectivity index (χ3n) is 6.00. The molecule has 0 aromatic heterocycles. The molecule has 0 aliphatic carbocycles. The van der Waals surface area contributed by atoms with Crippen LogP contribution >= 0.6 is 0 Å². The van der Waals surface area contributed by atoms with Gasteiger partial charge < -0.3 is 5.73 Å². The van der Waals surface area contributed by atoms with E-state index < -0.39 is 0 Å². The molecule has 0 saturated heterocycles. The maximum atomic E-state index is 6.07. The van der Waals surface area contributed by atoms with Crippen molar-refractivity contribution in [3.63, 3.8) is 0 Å². The van der Waals surface area contributed by atoms with E-state index in [2.05, 4.69) is 115 Å². The van der Waals surface area contributed by atoms with Crippen LogP contribution in [0.1, 0.15) is 40.3 Å². The average molecular weight is 476 g/mol. The summed E-state index contributed by atoms with van der Waals surface area (Å²) >= 11 is 0. The highest BCUT2D eigenvalue weighted by atomic mass is 14.5. The zero-order valence-corrected chi connectivity index (χ0v) is 22.6. The Labute approximate surface area is 218 Å². The predicted molar refractivity (Wildman–Crippen MR) is 162 cm³/mol. The van der Waals surface area contributed by atoms with Crippen molar-refractivity contribution in [2.24, 2.45) is 0 Å². The Bertz CT molecular complexity index is 1310. The maximum absolute atomic E-state index is 6.07. The van der Waals surface area contributed by atoms with Gasteiger partial charge in [-0.3, -0.25) is 0 Å². The highest BCUT2D eigenvalue weighted by Gasteiger charge is 2.01. The number of rotatable bonds is 5. The van der Waals surface area contributed by atoms with Gasteiger partial charge in [-0.25, -0.2) is 0 Å². The average Bonchev–Trinajstić information content (AvgIpc) is 2.84. The van der Waals surface area contributed by atoms with E-state index >= 15 is 0 Å². The van der Waals surface area contributed by atoms with Crippen molar-refractivity contribution in [3.8, 4) is 0 Å². The summed E-state index contributed by atoms with van der Waals surface area (Å²) in [5, 5.41) is 2.33. The molecule has 4 aromatic rings. The molecule has 0 unspecified atom stereocenters. The third-order valence-corrected chi connectivity index (χ3v) is 6.00. The fourth-order valence-corrected chi connectivity index (χ4v) is 3.87. The third kappa shape index (κ3) is 9.43. The van der Waals surface area contributed by atoms with Crippen molar-refractivity contribution in [3.05, 3.63) is 149 Å². The number of hydrogen-bond donors (Lipinski definition) is 1. The lowest BCUT2D eigenvalue weighted by atomic mass is 10.0. The SMILES string of the molecule is C=C/C=C(/C)Cc1cc(N)c2ccccc2c1.C=CCc1ccc(C)cc1.Cc1ccc(C)c(C)c1. The molecule has 0 saturated carbocycles. The highest BCUT2D eigenvalue weighted by molar-refractivity contribution is 5.93. The van der Waals surface area contributed by atoms with Gasteiger partial charge in [0.1, 0.15) is 0 Å². The molecule has 0 atom stereocenters. The summed E-state index contributed by atoms with van der Waals surface area (Å²) in [6.07, 6.45) is 7.66. The second kappa shape index (κ2) is 14.5. The van der Waals surface area contributed by atoms with E-state index in [0.717, 1.165) is 23.9 Å². The second-order valence-corrected chi connectivity index (χ2v) is 9.40. The summed E-state index contributed by atoms with van der Waals surface area (Å²) in [5.74, 6) is 0. The summed E-state index contributed by atoms with van der Waals surface area (Å²) in [6.45, 7) is 18.0. The maximum Gasteiger partial charge on any atom is 0.0396 e. The van der Waals surface area contributed by atoms with E-state index in [4.69, 9.17) is 5.73 Å². The molecular weight excluding hydrogens is 434 g/mol. The van der Waals surface area contributed by atoms with Gasteiger partial charge in [-0.15, -0.1) is 6.58 Å². The molecule has 1 heteroatoms. The van der Waals surface area contributed by atoms with Crippen LogP contribution in [0.3, 0.4) is 0 Å². The summed E-state index contributed by atoms with van der Waals surface area (Å²) in [6, 6.07) is 27.5. The van der Waals surface area contributed by atoms with E-state index in [0.29, 0.717) is 0 Å². The number of aryl methyl sites for hydroxylation is 4. The Kier molecular flexibility index (Phi) is 11.5. The first kappa shape index (κ1) is 28.4. The number of fused-ring (bicyclic) bond motifs is 1. The number of nitrogen functional groups attached to an aromatic ring is 1. The van der Waals surface area contributed by atoms with Crippen molar-refractivity contribution < 1.29 is 0 Å². The molecule has 0 fully saturated rings. The van der Waals surface area contributed by atoms with Crippen molar-refractivity contribution in [2.75, 3.05) is 5.73 Å². The van der Waals surface area contributed by atoms with Gasteiger partial charge in [0.15, 0.2) is 0 Å². The molecule has 1 nitrogen and oxygen atoms in total. The van der Waals surface area contributed by atoms with E-state index in [1.165, 1.54) is 44.3 Å². The molecule has 0 spiro atoms. The van der Waals surface area contributed by atoms with E-state index in [9.17, 15) is 0 Å². The van der Waals surface area contributed by atoms with Crippen molar-refractivity contribution >= 4 is 16.5 Å². The van der Waals surface area contributed by atoms with Crippen LogP contribution in [0.5, 0.6) is 0 Å². The monoisotopic (exact) mass is 475 g/mol. The van der Waals surface area contributed by atoms with E-state index in [-0.39, 0.29) is 0 Å². The molecule has 0 amide bonds. The normalized spacial score (nSPS) is 10.5. The molecule has 36 heavy (non-hydrogen) atoms. The largest absolute Gasteiger partial charge is 0.398 e. The Hall–Kier alpha value is -3.84. The number of anilines is 1. The van der Waals surface area contributed by atoms with Crippen molar-refractivity contribution in [1.82, 2.24) is 0 Å². The van der Waals surface area contributed by atoms with Gasteiger partial charge in [0.05, 0.1) is 0 Å². The summed E-state index contributed by atoms with van der Waals surface area (Å²) in [7, 11) is 0. The molecule has 0 heterocycles. The van der Waals surface area contributed by atoms with Crippen molar-refractivity contribution in [2.45, 2.75) is 47.5 Å². The second-order valence-electron chi connectivity index (χ2n) is 9.40. The quantitative estimate of drug-likeness (QED) is 0.174. The molecule has 0 aliphatic rings. The van der Waals surface area contributed by atoms with Crippen LogP contribution in [0.4, 0.5) is 5.69 Å². The molecule has 4 aromatic carbocycles. The Morgan fingerprint density at radius 1 is 0.750 bits per heavy atom. The van der Waals surface area contributed by atoms with Crippen LogP contribution in [-0.4, -0.2) is 0 Å². The van der Waals surface area contributed by atoms with E-state index in [1.54, 1.807) is 0 Å². The molecule has 0 aliphatic heterocycles. The van der Waals surface area contributed by atoms with Crippen LogP contribution in [-0.2, 0) is 12.8 Å². The summed E-state index contributed by atoms with van der Waals surface area (Å²) < 4.78 is 0. The smallest absolute Gasteiger partial charge is 0.0396 e. The van der Waals surface area contributed by atoms with Gasteiger partial charge in [-0.1, -0.05) is 114 Å². The van der Waals surface area contributed by atoms with Crippen LogP contribution in [0, 0.1) is 27.7 Å². The minimum atomic E-state index is 0.851. The molecule has 0 radical (unpaired) electrons. The lowest BCUT2D eigenvalue weighted by Crippen LogP contribution is -1.92. The van der Waals surface area contributed by atoms with Gasteiger partial charge in [-0.2, -0.15) is 0 Å². The zero-order chi connectivity index (χ0) is 26.5. The molecule has 186 valence electrons. The first-order chi connectivity index (χ1) is 17.2.